The Bertz CT molecular complexity index is 737. The summed E-state index contributed by atoms with van der Waals surface area (Å²) in [5.74, 6) is 0.161. The van der Waals surface area contributed by atoms with Crippen molar-refractivity contribution in [1.29, 1.82) is 0 Å². The number of aromatic nitrogens is 2. The molecule has 2 aromatic rings. The first-order valence-corrected chi connectivity index (χ1v) is 9.80. The second kappa shape index (κ2) is 8.15. The minimum absolute atomic E-state index is 0.0196. The van der Waals surface area contributed by atoms with Crippen LogP contribution in [0.3, 0.4) is 0 Å². The van der Waals surface area contributed by atoms with Crippen molar-refractivity contribution >= 4 is 28.8 Å². The van der Waals surface area contributed by atoms with Gasteiger partial charge in [-0.05, 0) is 45.6 Å². The zero-order valence-electron chi connectivity index (χ0n) is 14.5. The van der Waals surface area contributed by atoms with Crippen LogP contribution in [0.4, 0.5) is 0 Å². The molecule has 1 aliphatic rings. The Kier molecular flexibility index (Phi) is 5.91. The van der Waals surface area contributed by atoms with E-state index >= 15 is 0 Å². The van der Waals surface area contributed by atoms with Crippen molar-refractivity contribution in [1.82, 2.24) is 15.3 Å². The van der Waals surface area contributed by atoms with E-state index in [9.17, 15) is 4.79 Å². The third kappa shape index (κ3) is 4.70. The summed E-state index contributed by atoms with van der Waals surface area (Å²) in [6.45, 7) is 4.34. The van der Waals surface area contributed by atoms with Crippen molar-refractivity contribution in [2.45, 2.75) is 52.1 Å². The minimum atomic E-state index is -0.188. The second-order valence-electron chi connectivity index (χ2n) is 6.37. The van der Waals surface area contributed by atoms with E-state index in [1.807, 2.05) is 13.8 Å². The number of amides is 1. The molecular weight excluding hydrogens is 358 g/mol. The number of nitrogens with zero attached hydrogens (tertiary/aromatic N) is 2. The van der Waals surface area contributed by atoms with Gasteiger partial charge in [-0.25, -0.2) is 9.97 Å². The summed E-state index contributed by atoms with van der Waals surface area (Å²) in [6, 6.07) is 1.59. The summed E-state index contributed by atoms with van der Waals surface area (Å²) in [5.41, 5.74) is 1.69. The number of fused-ring (bicyclic) bond motifs is 1. The van der Waals surface area contributed by atoms with Crippen LogP contribution in [0.5, 0.6) is 5.88 Å². The fraction of sp³-hybridized carbons (Fsp3) is 0.500. The normalized spacial score (nSPS) is 13.6. The van der Waals surface area contributed by atoms with Crippen LogP contribution in [-0.4, -0.2) is 28.5 Å². The first-order valence-electron chi connectivity index (χ1n) is 8.61. The maximum Gasteiger partial charge on any atom is 0.252 e. The van der Waals surface area contributed by atoms with E-state index in [0.717, 1.165) is 24.3 Å². The fourth-order valence-electron chi connectivity index (χ4n) is 2.76. The van der Waals surface area contributed by atoms with Crippen molar-refractivity contribution in [2.75, 3.05) is 6.54 Å². The predicted molar refractivity (Wildman–Crippen MR) is 99.8 cm³/mol. The summed E-state index contributed by atoms with van der Waals surface area (Å²) in [7, 11) is 0. The van der Waals surface area contributed by atoms with E-state index in [2.05, 4.69) is 10.3 Å². The highest BCUT2D eigenvalue weighted by molar-refractivity contribution is 7.11. The Morgan fingerprint density at radius 2 is 2.20 bits per heavy atom. The molecule has 0 unspecified atom stereocenters. The van der Waals surface area contributed by atoms with Crippen LogP contribution in [0.1, 0.15) is 52.6 Å². The van der Waals surface area contributed by atoms with Gasteiger partial charge in [0, 0.05) is 24.0 Å². The highest BCUT2D eigenvalue weighted by Gasteiger charge is 2.15. The standard InChI is InChI=1S/C18H22ClN3O2S/c1-11(2)24-18-13(19)9-12(10-21-18)17(23)20-8-7-16-22-14-5-3-4-6-15(14)25-16/h9-11H,3-8H2,1-2H3,(H,20,23). The number of carbonyl (C=O) groups is 1. The van der Waals surface area contributed by atoms with Gasteiger partial charge in [0.2, 0.25) is 5.88 Å². The van der Waals surface area contributed by atoms with Gasteiger partial charge in [0.25, 0.3) is 5.91 Å². The molecule has 0 spiro atoms. The average molecular weight is 380 g/mol. The van der Waals surface area contributed by atoms with Crippen LogP contribution in [0.25, 0.3) is 0 Å². The molecule has 2 heterocycles. The molecule has 0 radical (unpaired) electrons. The van der Waals surface area contributed by atoms with E-state index in [1.165, 1.54) is 29.6 Å². The van der Waals surface area contributed by atoms with Crippen molar-refractivity contribution < 1.29 is 9.53 Å². The zero-order chi connectivity index (χ0) is 17.8. The Labute approximate surface area is 156 Å². The lowest BCUT2D eigenvalue weighted by molar-refractivity contribution is 0.0953. The Morgan fingerprint density at radius 1 is 1.40 bits per heavy atom. The molecule has 0 bridgehead atoms. The topological polar surface area (TPSA) is 64.1 Å². The van der Waals surface area contributed by atoms with Crippen molar-refractivity contribution in [3.8, 4) is 5.88 Å². The number of aryl methyl sites for hydroxylation is 2. The van der Waals surface area contributed by atoms with E-state index < -0.39 is 0 Å². The van der Waals surface area contributed by atoms with E-state index in [1.54, 1.807) is 17.4 Å². The molecule has 134 valence electrons. The Hall–Kier alpha value is -1.66. The third-order valence-corrected chi connectivity index (χ3v) is 5.42. The average Bonchev–Trinajstić information content (AvgIpc) is 2.99. The molecule has 25 heavy (non-hydrogen) atoms. The lowest BCUT2D eigenvalue weighted by Gasteiger charge is -2.11. The maximum atomic E-state index is 12.2. The van der Waals surface area contributed by atoms with Gasteiger partial charge < -0.3 is 10.1 Å². The molecule has 0 saturated carbocycles. The van der Waals surface area contributed by atoms with Crippen LogP contribution in [0.2, 0.25) is 5.02 Å². The molecule has 1 amide bonds. The number of carbonyl (C=O) groups excluding carboxylic acids is 1. The van der Waals surface area contributed by atoms with Gasteiger partial charge in [0.1, 0.15) is 5.02 Å². The summed E-state index contributed by atoms with van der Waals surface area (Å²) in [4.78, 5) is 22.5. The van der Waals surface area contributed by atoms with Crippen LogP contribution in [0, 0.1) is 0 Å². The highest BCUT2D eigenvalue weighted by atomic mass is 35.5. The van der Waals surface area contributed by atoms with Gasteiger partial charge in [0.05, 0.1) is 22.4 Å². The van der Waals surface area contributed by atoms with E-state index in [0.29, 0.717) is 23.0 Å². The summed E-state index contributed by atoms with van der Waals surface area (Å²) in [6.07, 6.45) is 6.95. The number of halogens is 1. The summed E-state index contributed by atoms with van der Waals surface area (Å²) in [5, 5.41) is 4.35. The molecule has 0 aliphatic heterocycles. The third-order valence-electron chi connectivity index (χ3n) is 3.93. The van der Waals surface area contributed by atoms with E-state index in [-0.39, 0.29) is 12.0 Å². The molecular formula is C18H22ClN3O2S. The zero-order valence-corrected chi connectivity index (χ0v) is 16.0. The number of ether oxygens (including phenoxy) is 1. The van der Waals surface area contributed by atoms with Crippen LogP contribution >= 0.6 is 22.9 Å². The monoisotopic (exact) mass is 379 g/mol. The highest BCUT2D eigenvalue weighted by Crippen LogP contribution is 2.27. The summed E-state index contributed by atoms with van der Waals surface area (Å²) >= 11 is 7.91. The smallest absolute Gasteiger partial charge is 0.252 e. The molecule has 3 rings (SSSR count). The predicted octanol–water partition coefficient (Wildman–Crippen LogP) is 3.83. The largest absolute Gasteiger partial charge is 0.474 e. The summed E-state index contributed by atoms with van der Waals surface area (Å²) < 4.78 is 5.48. The van der Waals surface area contributed by atoms with Crippen LogP contribution < -0.4 is 10.1 Å². The second-order valence-corrected chi connectivity index (χ2v) is 7.94. The Balaban J connectivity index is 1.54. The van der Waals surface area contributed by atoms with Gasteiger partial charge in [0.15, 0.2) is 0 Å². The Morgan fingerprint density at radius 3 is 2.92 bits per heavy atom. The van der Waals surface area contributed by atoms with Gasteiger partial charge in [-0.3, -0.25) is 4.79 Å². The molecule has 0 aromatic carbocycles. The number of hydrogen-bond donors (Lipinski definition) is 1. The van der Waals surface area contributed by atoms with Crippen LogP contribution in [-0.2, 0) is 19.3 Å². The fourth-order valence-corrected chi connectivity index (χ4v) is 4.12. The van der Waals surface area contributed by atoms with Crippen molar-refractivity contribution in [2.24, 2.45) is 0 Å². The molecule has 7 heteroatoms. The molecule has 2 aromatic heterocycles. The molecule has 0 saturated heterocycles. The van der Waals surface area contributed by atoms with E-state index in [4.69, 9.17) is 21.3 Å². The number of pyridine rings is 1. The maximum absolute atomic E-state index is 12.2. The van der Waals surface area contributed by atoms with Gasteiger partial charge >= 0.3 is 0 Å². The molecule has 5 nitrogen and oxygen atoms in total. The first-order chi connectivity index (χ1) is 12.0. The lowest BCUT2D eigenvalue weighted by atomic mass is 10.0. The quantitative estimate of drug-likeness (QED) is 0.828. The number of hydrogen-bond acceptors (Lipinski definition) is 5. The molecule has 1 N–H and O–H groups in total. The SMILES string of the molecule is CC(C)Oc1ncc(C(=O)NCCc2nc3c(s2)CCCC3)cc1Cl. The van der Waals surface area contributed by atoms with Crippen molar-refractivity contribution in [3.05, 3.63) is 38.4 Å². The molecule has 0 atom stereocenters. The number of thiazole rings is 1. The molecule has 0 fully saturated rings. The van der Waals surface area contributed by atoms with Gasteiger partial charge in [-0.15, -0.1) is 11.3 Å². The lowest BCUT2D eigenvalue weighted by Crippen LogP contribution is -2.25. The number of rotatable bonds is 6. The minimum Gasteiger partial charge on any atom is -0.474 e. The number of nitrogens with one attached hydrogen (secondary N) is 1. The van der Waals surface area contributed by atoms with Gasteiger partial charge in [-0.2, -0.15) is 0 Å². The first kappa shape index (κ1) is 18.1. The van der Waals surface area contributed by atoms with Crippen molar-refractivity contribution in [3.63, 3.8) is 0 Å². The van der Waals surface area contributed by atoms with Crippen LogP contribution in [0.15, 0.2) is 12.3 Å². The molecule has 1 aliphatic carbocycles. The van der Waals surface area contributed by atoms with Gasteiger partial charge in [-0.1, -0.05) is 11.6 Å².